The first kappa shape index (κ1) is 24.5. The van der Waals surface area contributed by atoms with Gasteiger partial charge in [-0.3, -0.25) is 9.36 Å². The van der Waals surface area contributed by atoms with E-state index in [0.29, 0.717) is 38.7 Å². The summed E-state index contributed by atoms with van der Waals surface area (Å²) in [7, 11) is 1.59. The zero-order valence-electron chi connectivity index (χ0n) is 20.4. The van der Waals surface area contributed by atoms with Crippen LogP contribution in [0.2, 0.25) is 0 Å². The number of para-hydroxylation sites is 1. The van der Waals surface area contributed by atoms with Gasteiger partial charge in [-0.25, -0.2) is 9.79 Å². The molecule has 0 N–H and O–H groups in total. The second-order valence-corrected chi connectivity index (χ2v) is 9.29. The van der Waals surface area contributed by atoms with Crippen LogP contribution in [0.1, 0.15) is 44.9 Å². The predicted molar refractivity (Wildman–Crippen MR) is 136 cm³/mol. The van der Waals surface area contributed by atoms with Crippen LogP contribution in [-0.4, -0.2) is 30.4 Å². The molecule has 3 aromatic rings. The Hall–Kier alpha value is -3.65. The van der Waals surface area contributed by atoms with Gasteiger partial charge in [-0.1, -0.05) is 41.7 Å². The van der Waals surface area contributed by atoms with Crippen LogP contribution in [-0.2, 0) is 9.53 Å². The number of aromatic nitrogens is 1. The minimum absolute atomic E-state index is 0.233. The van der Waals surface area contributed by atoms with E-state index in [9.17, 15) is 9.59 Å². The number of ether oxygens (including phenoxy) is 3. The molecule has 0 amide bonds. The lowest BCUT2D eigenvalue weighted by molar-refractivity contribution is -0.143. The zero-order valence-corrected chi connectivity index (χ0v) is 21.2. The lowest BCUT2D eigenvalue weighted by Gasteiger charge is -2.25. The highest BCUT2D eigenvalue weighted by Crippen LogP contribution is 2.32. The molecule has 0 fully saturated rings. The molecular weight excluding hydrogens is 464 g/mol. The molecule has 4 rings (SSSR count). The van der Waals surface area contributed by atoms with Crippen LogP contribution in [0.15, 0.2) is 69.6 Å². The Kier molecular flexibility index (Phi) is 7.21. The molecule has 35 heavy (non-hydrogen) atoms. The van der Waals surface area contributed by atoms with Gasteiger partial charge in [-0.2, -0.15) is 0 Å². The minimum atomic E-state index is -0.673. The fourth-order valence-corrected chi connectivity index (χ4v) is 5.03. The summed E-state index contributed by atoms with van der Waals surface area (Å²) in [4.78, 5) is 32.0. The molecule has 1 atom stereocenters. The van der Waals surface area contributed by atoms with Crippen LogP contribution in [0.25, 0.3) is 6.08 Å². The van der Waals surface area contributed by atoms with E-state index in [2.05, 4.69) is 4.99 Å². The zero-order chi connectivity index (χ0) is 25.1. The molecule has 1 aliphatic heterocycles. The van der Waals surface area contributed by atoms with E-state index < -0.39 is 12.0 Å². The van der Waals surface area contributed by atoms with Gasteiger partial charge in [0.15, 0.2) is 4.80 Å². The van der Waals surface area contributed by atoms with Crippen molar-refractivity contribution in [2.24, 2.45) is 4.99 Å². The Labute approximate surface area is 207 Å². The molecule has 8 heteroatoms. The normalized spacial score (nSPS) is 15.6. The Balaban J connectivity index is 1.93. The van der Waals surface area contributed by atoms with Gasteiger partial charge in [-0.05, 0) is 57.5 Å². The molecule has 0 unspecified atom stereocenters. The molecular formula is C27H28N2O5S. The number of hydrogen-bond donors (Lipinski definition) is 0. The van der Waals surface area contributed by atoms with Crippen molar-refractivity contribution in [2.45, 2.75) is 39.8 Å². The summed E-state index contributed by atoms with van der Waals surface area (Å²) in [5, 5.41) is 0. The number of esters is 1. The average molecular weight is 493 g/mol. The Morgan fingerprint density at radius 2 is 1.89 bits per heavy atom. The van der Waals surface area contributed by atoms with Crippen molar-refractivity contribution in [1.82, 2.24) is 4.57 Å². The smallest absolute Gasteiger partial charge is 0.338 e. The van der Waals surface area contributed by atoms with Crippen LogP contribution in [0.5, 0.6) is 11.5 Å². The fraction of sp³-hybridized carbons (Fsp3) is 0.296. The Morgan fingerprint density at radius 1 is 1.17 bits per heavy atom. The van der Waals surface area contributed by atoms with Gasteiger partial charge in [0.05, 0.1) is 41.7 Å². The van der Waals surface area contributed by atoms with Crippen LogP contribution < -0.4 is 24.4 Å². The summed E-state index contributed by atoms with van der Waals surface area (Å²) < 4.78 is 18.6. The van der Waals surface area contributed by atoms with Gasteiger partial charge in [0, 0.05) is 5.56 Å². The molecule has 182 valence electrons. The molecule has 1 aliphatic rings. The number of thiazole rings is 1. The average Bonchev–Trinajstić information content (AvgIpc) is 3.13. The SMILES string of the molecule is CCOc1ccccc1/C=c1/sc2n(c1=O)[C@@H](c1ccc(OC)cc1)C(C(=O)OC(C)C)=C(C)N=2. The summed E-state index contributed by atoms with van der Waals surface area (Å²) in [6.07, 6.45) is 1.50. The molecule has 0 saturated carbocycles. The maximum atomic E-state index is 13.7. The maximum Gasteiger partial charge on any atom is 0.338 e. The van der Waals surface area contributed by atoms with E-state index in [1.807, 2.05) is 61.5 Å². The first-order valence-electron chi connectivity index (χ1n) is 11.4. The third-order valence-corrected chi connectivity index (χ3v) is 6.50. The lowest BCUT2D eigenvalue weighted by atomic mass is 9.96. The molecule has 2 aromatic carbocycles. The van der Waals surface area contributed by atoms with Crippen molar-refractivity contribution < 1.29 is 19.0 Å². The summed E-state index contributed by atoms with van der Waals surface area (Å²) in [5.74, 6) is 0.892. The maximum absolute atomic E-state index is 13.7. The molecule has 0 aliphatic carbocycles. The summed E-state index contributed by atoms with van der Waals surface area (Å²) in [5.41, 5.74) is 2.20. The molecule has 0 saturated heterocycles. The largest absolute Gasteiger partial charge is 0.497 e. The van der Waals surface area contributed by atoms with E-state index in [1.54, 1.807) is 32.4 Å². The number of allylic oxidation sites excluding steroid dienone is 1. The lowest BCUT2D eigenvalue weighted by Crippen LogP contribution is -2.40. The molecule has 7 nitrogen and oxygen atoms in total. The van der Waals surface area contributed by atoms with Gasteiger partial charge >= 0.3 is 5.97 Å². The van der Waals surface area contributed by atoms with E-state index in [-0.39, 0.29) is 11.7 Å². The predicted octanol–water partition coefficient (Wildman–Crippen LogP) is 3.59. The van der Waals surface area contributed by atoms with Crippen LogP contribution in [0.3, 0.4) is 0 Å². The number of nitrogens with zero attached hydrogens (tertiary/aromatic N) is 2. The monoisotopic (exact) mass is 492 g/mol. The summed E-state index contributed by atoms with van der Waals surface area (Å²) >= 11 is 1.28. The van der Waals surface area contributed by atoms with Crippen molar-refractivity contribution >= 4 is 23.4 Å². The van der Waals surface area contributed by atoms with Gasteiger partial charge in [0.25, 0.3) is 5.56 Å². The second-order valence-electron chi connectivity index (χ2n) is 8.28. The van der Waals surface area contributed by atoms with Crippen LogP contribution in [0.4, 0.5) is 0 Å². The first-order valence-corrected chi connectivity index (χ1v) is 12.2. The number of hydrogen-bond acceptors (Lipinski definition) is 7. The number of rotatable bonds is 7. The summed E-state index contributed by atoms with van der Waals surface area (Å²) in [6.45, 7) is 7.79. The quantitative estimate of drug-likeness (QED) is 0.471. The number of carbonyl (C=O) groups excluding carboxylic acids is 1. The van der Waals surface area contributed by atoms with Crippen molar-refractivity contribution in [1.29, 1.82) is 0 Å². The highest BCUT2D eigenvalue weighted by atomic mass is 32.1. The molecule has 0 radical (unpaired) electrons. The van der Waals surface area contributed by atoms with Crippen molar-refractivity contribution in [3.05, 3.63) is 90.6 Å². The number of benzene rings is 2. The topological polar surface area (TPSA) is 79.1 Å². The van der Waals surface area contributed by atoms with Crippen molar-refractivity contribution in [3.8, 4) is 11.5 Å². The van der Waals surface area contributed by atoms with Gasteiger partial charge in [0.1, 0.15) is 11.5 Å². The van der Waals surface area contributed by atoms with Gasteiger partial charge < -0.3 is 14.2 Å². The van der Waals surface area contributed by atoms with Crippen LogP contribution >= 0.6 is 11.3 Å². The van der Waals surface area contributed by atoms with E-state index in [0.717, 1.165) is 11.1 Å². The molecule has 1 aromatic heterocycles. The molecule has 0 bridgehead atoms. The number of fused-ring (bicyclic) bond motifs is 1. The number of carbonyl (C=O) groups is 1. The Morgan fingerprint density at radius 3 is 2.54 bits per heavy atom. The highest BCUT2D eigenvalue weighted by Gasteiger charge is 2.33. The van der Waals surface area contributed by atoms with E-state index in [4.69, 9.17) is 14.2 Å². The first-order chi connectivity index (χ1) is 16.8. The van der Waals surface area contributed by atoms with Gasteiger partial charge in [-0.15, -0.1) is 0 Å². The van der Waals surface area contributed by atoms with E-state index in [1.165, 1.54) is 11.3 Å². The third-order valence-electron chi connectivity index (χ3n) is 5.52. The highest BCUT2D eigenvalue weighted by molar-refractivity contribution is 7.07. The standard InChI is InChI=1S/C27H28N2O5S/c1-6-33-21-10-8-7-9-19(21)15-22-25(30)29-24(18-11-13-20(32-5)14-12-18)23(26(31)34-16(2)3)17(4)28-27(29)35-22/h7-16,24H,6H2,1-5H3/b22-15+/t24-/m0/s1. The summed E-state index contributed by atoms with van der Waals surface area (Å²) in [6, 6.07) is 14.2. The third kappa shape index (κ3) is 4.93. The van der Waals surface area contributed by atoms with Crippen molar-refractivity contribution in [3.63, 3.8) is 0 Å². The second kappa shape index (κ2) is 10.3. The fourth-order valence-electron chi connectivity index (χ4n) is 3.99. The van der Waals surface area contributed by atoms with E-state index >= 15 is 0 Å². The number of methoxy groups -OCH3 is 1. The van der Waals surface area contributed by atoms with Gasteiger partial charge in [0.2, 0.25) is 0 Å². The van der Waals surface area contributed by atoms with Crippen molar-refractivity contribution in [2.75, 3.05) is 13.7 Å². The Bertz CT molecular complexity index is 1450. The minimum Gasteiger partial charge on any atom is -0.497 e. The van der Waals surface area contributed by atoms with Crippen LogP contribution in [0, 0.1) is 0 Å². The molecule has 2 heterocycles. The molecule has 0 spiro atoms.